The maximum absolute atomic E-state index is 13.1. The van der Waals surface area contributed by atoms with Gasteiger partial charge in [0.05, 0.1) is 17.6 Å². The number of imidazole rings is 1. The van der Waals surface area contributed by atoms with Gasteiger partial charge in [0, 0.05) is 31.1 Å². The highest BCUT2D eigenvalue weighted by molar-refractivity contribution is 7.90. The van der Waals surface area contributed by atoms with E-state index in [9.17, 15) is 21.6 Å². The summed E-state index contributed by atoms with van der Waals surface area (Å²) in [6.45, 7) is 1.30. The third-order valence-corrected chi connectivity index (χ3v) is 6.15. The normalized spacial score (nSPS) is 18.1. The van der Waals surface area contributed by atoms with Crippen LogP contribution in [-0.4, -0.2) is 53.1 Å². The molecule has 4 rings (SSSR count). The van der Waals surface area contributed by atoms with Crippen LogP contribution in [0.3, 0.4) is 0 Å². The lowest BCUT2D eigenvalue weighted by Crippen LogP contribution is -2.38. The van der Waals surface area contributed by atoms with Crippen molar-refractivity contribution in [2.45, 2.75) is 19.0 Å². The van der Waals surface area contributed by atoms with Gasteiger partial charge >= 0.3 is 6.18 Å². The first-order valence-corrected chi connectivity index (χ1v) is 11.5. The molecular formula is C19H20F3N5O2S. The van der Waals surface area contributed by atoms with Gasteiger partial charge in [-0.15, -0.1) is 0 Å². The fraction of sp³-hybridized carbons (Fsp3) is 0.421. The number of halogens is 3. The van der Waals surface area contributed by atoms with E-state index in [1.807, 2.05) is 4.90 Å². The second-order valence-electron chi connectivity index (χ2n) is 7.58. The number of sulfone groups is 1. The zero-order chi connectivity index (χ0) is 21.5. The number of pyridine rings is 1. The third kappa shape index (κ3) is 4.40. The van der Waals surface area contributed by atoms with Crippen LogP contribution in [0.5, 0.6) is 0 Å². The van der Waals surface area contributed by atoms with E-state index < -0.39 is 21.7 Å². The van der Waals surface area contributed by atoms with E-state index in [0.29, 0.717) is 29.3 Å². The van der Waals surface area contributed by atoms with Crippen molar-refractivity contribution in [2.24, 2.45) is 5.92 Å². The van der Waals surface area contributed by atoms with Gasteiger partial charge < -0.3 is 4.90 Å². The van der Waals surface area contributed by atoms with Gasteiger partial charge in [-0.1, -0.05) is 0 Å². The summed E-state index contributed by atoms with van der Waals surface area (Å²) in [7, 11) is -3.07. The Morgan fingerprint density at radius 2 is 2.00 bits per heavy atom. The fourth-order valence-electron chi connectivity index (χ4n) is 3.81. The van der Waals surface area contributed by atoms with E-state index in [4.69, 9.17) is 0 Å². The number of anilines is 1. The van der Waals surface area contributed by atoms with E-state index in [1.165, 1.54) is 23.0 Å². The number of piperidine rings is 1. The van der Waals surface area contributed by atoms with Crippen LogP contribution in [0.1, 0.15) is 18.5 Å². The van der Waals surface area contributed by atoms with E-state index >= 15 is 0 Å². The molecule has 1 atom stereocenters. The average Bonchev–Trinajstić information content (AvgIpc) is 3.09. The maximum Gasteiger partial charge on any atom is 0.435 e. The number of rotatable bonds is 4. The summed E-state index contributed by atoms with van der Waals surface area (Å²) >= 11 is 0. The van der Waals surface area contributed by atoms with Crippen LogP contribution >= 0.6 is 0 Å². The summed E-state index contributed by atoms with van der Waals surface area (Å²) in [5.74, 6) is 0.791. The highest BCUT2D eigenvalue weighted by Gasteiger charge is 2.33. The second kappa shape index (κ2) is 7.53. The molecule has 1 aliphatic rings. The SMILES string of the molecule is CS(=O)(=O)CC1CCCN(c2cc(-c3cnc4ccc(C(F)(F)F)nn34)ccn2)C1. The molecule has 0 aromatic carbocycles. The molecule has 0 N–H and O–H groups in total. The van der Waals surface area contributed by atoms with Crippen molar-refractivity contribution in [1.29, 1.82) is 0 Å². The molecule has 3 aromatic heterocycles. The Balaban J connectivity index is 1.65. The lowest BCUT2D eigenvalue weighted by Gasteiger charge is -2.33. The highest BCUT2D eigenvalue weighted by atomic mass is 32.2. The van der Waals surface area contributed by atoms with Gasteiger partial charge in [-0.25, -0.2) is 22.9 Å². The zero-order valence-corrected chi connectivity index (χ0v) is 17.0. The Morgan fingerprint density at radius 3 is 2.73 bits per heavy atom. The van der Waals surface area contributed by atoms with E-state index in [-0.39, 0.29) is 11.7 Å². The Bertz CT molecular complexity index is 1180. The van der Waals surface area contributed by atoms with Crippen LogP contribution in [0.15, 0.2) is 36.7 Å². The molecule has 3 aromatic rings. The molecule has 0 bridgehead atoms. The Labute approximate surface area is 171 Å². The molecule has 1 unspecified atom stereocenters. The first-order valence-electron chi connectivity index (χ1n) is 9.41. The van der Waals surface area contributed by atoms with Gasteiger partial charge in [-0.2, -0.15) is 18.3 Å². The summed E-state index contributed by atoms with van der Waals surface area (Å²) in [6.07, 6.45) is 1.42. The van der Waals surface area contributed by atoms with Gasteiger partial charge in [0.25, 0.3) is 0 Å². The molecule has 11 heteroatoms. The van der Waals surface area contributed by atoms with Crippen LogP contribution in [-0.2, 0) is 16.0 Å². The average molecular weight is 439 g/mol. The van der Waals surface area contributed by atoms with Crippen molar-refractivity contribution in [2.75, 3.05) is 30.0 Å². The van der Waals surface area contributed by atoms with Crippen molar-refractivity contribution in [1.82, 2.24) is 19.6 Å². The number of nitrogens with zero attached hydrogens (tertiary/aromatic N) is 5. The molecule has 1 saturated heterocycles. The quantitative estimate of drug-likeness (QED) is 0.622. The van der Waals surface area contributed by atoms with Gasteiger partial charge in [-0.3, -0.25) is 0 Å². The molecule has 30 heavy (non-hydrogen) atoms. The first kappa shape index (κ1) is 20.6. The molecule has 4 heterocycles. The number of hydrogen-bond donors (Lipinski definition) is 0. The van der Waals surface area contributed by atoms with Crippen molar-refractivity contribution in [3.05, 3.63) is 42.4 Å². The van der Waals surface area contributed by atoms with E-state index in [0.717, 1.165) is 25.5 Å². The highest BCUT2D eigenvalue weighted by Crippen LogP contribution is 2.30. The van der Waals surface area contributed by atoms with Crippen molar-refractivity contribution in [3.63, 3.8) is 0 Å². The molecule has 160 valence electrons. The smallest absolute Gasteiger partial charge is 0.356 e. The monoisotopic (exact) mass is 439 g/mol. The van der Waals surface area contributed by atoms with Crippen molar-refractivity contribution < 1.29 is 21.6 Å². The van der Waals surface area contributed by atoms with Crippen LogP contribution in [0.2, 0.25) is 0 Å². The van der Waals surface area contributed by atoms with Crippen LogP contribution < -0.4 is 4.90 Å². The number of hydrogen-bond acceptors (Lipinski definition) is 6. The molecule has 0 amide bonds. The Kier molecular flexibility index (Phi) is 5.16. The summed E-state index contributed by atoms with van der Waals surface area (Å²) in [6, 6.07) is 5.64. The largest absolute Gasteiger partial charge is 0.435 e. The summed E-state index contributed by atoms with van der Waals surface area (Å²) in [5, 5.41) is 3.71. The molecule has 7 nitrogen and oxygen atoms in total. The molecule has 1 aliphatic heterocycles. The number of fused-ring (bicyclic) bond motifs is 1. The third-order valence-electron chi connectivity index (χ3n) is 5.08. The van der Waals surface area contributed by atoms with Gasteiger partial charge in [0.2, 0.25) is 0 Å². The number of aromatic nitrogens is 4. The fourth-order valence-corrected chi connectivity index (χ4v) is 4.94. The predicted molar refractivity (Wildman–Crippen MR) is 106 cm³/mol. The molecule has 0 aliphatic carbocycles. The van der Waals surface area contributed by atoms with E-state index in [2.05, 4.69) is 15.1 Å². The van der Waals surface area contributed by atoms with Gasteiger partial charge in [0.1, 0.15) is 15.7 Å². The lowest BCUT2D eigenvalue weighted by atomic mass is 10.00. The predicted octanol–water partition coefficient (Wildman–Crippen LogP) is 3.07. The van der Waals surface area contributed by atoms with Crippen molar-refractivity contribution in [3.8, 4) is 11.3 Å². The summed E-state index contributed by atoms with van der Waals surface area (Å²) in [4.78, 5) is 10.5. The van der Waals surface area contributed by atoms with Gasteiger partial charge in [-0.05, 0) is 43.0 Å². The first-order chi connectivity index (χ1) is 14.1. The lowest BCUT2D eigenvalue weighted by molar-refractivity contribution is -0.141. The molecular weight excluding hydrogens is 419 g/mol. The van der Waals surface area contributed by atoms with Crippen molar-refractivity contribution >= 4 is 21.3 Å². The molecule has 0 saturated carbocycles. The summed E-state index contributed by atoms with van der Waals surface area (Å²) < 4.78 is 63.6. The Hall–Kier alpha value is -2.69. The minimum atomic E-state index is -4.55. The standard InChI is InChI=1S/C19H20F3N5O2S/c1-30(28,29)12-13-3-2-8-26(11-13)18-9-14(6-7-23-18)15-10-24-17-5-4-16(19(20,21)22)25-27(15)17/h4-7,9-10,13H,2-3,8,11-12H2,1H3. The van der Waals surface area contributed by atoms with Crippen LogP contribution in [0.4, 0.5) is 19.0 Å². The van der Waals surface area contributed by atoms with E-state index in [1.54, 1.807) is 18.3 Å². The van der Waals surface area contributed by atoms with Crippen LogP contribution in [0, 0.1) is 5.92 Å². The minimum absolute atomic E-state index is 0.0195. The number of alkyl halides is 3. The minimum Gasteiger partial charge on any atom is -0.356 e. The Morgan fingerprint density at radius 1 is 1.20 bits per heavy atom. The molecule has 1 fully saturated rings. The topological polar surface area (TPSA) is 80.5 Å². The second-order valence-corrected chi connectivity index (χ2v) is 9.76. The van der Waals surface area contributed by atoms with Gasteiger partial charge in [0.15, 0.2) is 11.3 Å². The maximum atomic E-state index is 13.1. The molecule has 0 spiro atoms. The summed E-state index contributed by atoms with van der Waals surface area (Å²) in [5.41, 5.74) is 0.361. The zero-order valence-electron chi connectivity index (χ0n) is 16.2. The van der Waals surface area contributed by atoms with Crippen LogP contribution in [0.25, 0.3) is 16.9 Å². The molecule has 0 radical (unpaired) electrons.